The van der Waals surface area contributed by atoms with Crippen LogP contribution in [0, 0.1) is 0 Å². The van der Waals surface area contributed by atoms with Crippen molar-refractivity contribution in [2.75, 3.05) is 36.0 Å². The lowest BCUT2D eigenvalue weighted by atomic mass is 9.79. The summed E-state index contributed by atoms with van der Waals surface area (Å²) in [6.45, 7) is 8.23. The molecule has 196 valence electrons. The number of rotatable bonds is 3. The maximum atomic E-state index is 13.4. The Labute approximate surface area is 218 Å². The largest absolute Gasteiger partial charge is 0.495 e. The van der Waals surface area contributed by atoms with E-state index in [0.29, 0.717) is 18.9 Å². The molecular weight excluding hydrogens is 541 g/mol. The summed E-state index contributed by atoms with van der Waals surface area (Å²) in [5, 5.41) is 0. The first kappa shape index (κ1) is 27.2. The molecule has 0 aliphatic carbocycles. The normalized spacial score (nSPS) is 23.5. The van der Waals surface area contributed by atoms with E-state index in [1.807, 2.05) is 52.0 Å². The number of hydrogen-bond donors (Lipinski definition) is 0. The molecule has 2 aromatic rings. The van der Waals surface area contributed by atoms with E-state index in [1.54, 1.807) is 28.1 Å². The highest BCUT2D eigenvalue weighted by atomic mass is 79.9. The molecule has 5 rings (SSSR count). The van der Waals surface area contributed by atoms with Gasteiger partial charge in [0, 0.05) is 42.3 Å². The van der Waals surface area contributed by atoms with Gasteiger partial charge in [-0.05, 0) is 63.5 Å². The summed E-state index contributed by atoms with van der Waals surface area (Å²) in [5.74, 6) is -4.62. The predicted octanol–water partition coefficient (Wildman–Crippen LogP) is 5.52. The molecule has 0 atom stereocenters. The zero-order valence-electron chi connectivity index (χ0n) is 20.9. The molecule has 0 spiro atoms. The minimum atomic E-state index is -2.64. The van der Waals surface area contributed by atoms with E-state index in [4.69, 9.17) is 9.31 Å². The molecule has 3 aliphatic heterocycles. The minimum Gasteiger partial charge on any atom is -0.399 e. The van der Waals surface area contributed by atoms with Crippen LogP contribution in [0.3, 0.4) is 0 Å². The molecule has 36 heavy (non-hydrogen) atoms. The van der Waals surface area contributed by atoms with Crippen LogP contribution in [-0.4, -0.2) is 61.3 Å². The van der Waals surface area contributed by atoms with Crippen LogP contribution >= 0.6 is 15.9 Å². The molecule has 0 N–H and O–H groups in total. The van der Waals surface area contributed by atoms with E-state index in [1.165, 1.54) is 0 Å². The Morgan fingerprint density at radius 2 is 1.44 bits per heavy atom. The summed E-state index contributed by atoms with van der Waals surface area (Å²) >= 11 is 3.32. The van der Waals surface area contributed by atoms with E-state index in [2.05, 4.69) is 20.9 Å². The van der Waals surface area contributed by atoms with Gasteiger partial charge in [-0.15, -0.1) is 0 Å². The summed E-state index contributed by atoms with van der Waals surface area (Å²) in [5.41, 5.74) is 0.805. The maximum absolute atomic E-state index is 13.4. The van der Waals surface area contributed by atoms with Gasteiger partial charge in [0.1, 0.15) is 5.82 Å². The lowest BCUT2D eigenvalue weighted by molar-refractivity contribution is 0.00578. The quantitative estimate of drug-likeness (QED) is 0.358. The number of pyridine rings is 1. The van der Waals surface area contributed by atoms with Crippen LogP contribution < -0.4 is 15.3 Å². The van der Waals surface area contributed by atoms with E-state index in [0.717, 1.165) is 15.6 Å². The third kappa shape index (κ3) is 6.16. The van der Waals surface area contributed by atoms with Gasteiger partial charge in [0.25, 0.3) is 11.8 Å². The van der Waals surface area contributed by atoms with E-state index < -0.39 is 30.2 Å². The Bertz CT molecular complexity index is 1070. The lowest BCUT2D eigenvalue weighted by Gasteiger charge is -2.32. The molecule has 3 aliphatic rings. The number of aromatic nitrogens is 1. The van der Waals surface area contributed by atoms with Gasteiger partial charge in [-0.1, -0.05) is 22.0 Å². The summed E-state index contributed by atoms with van der Waals surface area (Å²) < 4.78 is 65.5. The fraction of sp³-hybridized carbons (Fsp3) is 0.560. The number of anilines is 2. The van der Waals surface area contributed by atoms with Crippen molar-refractivity contribution >= 4 is 40.0 Å². The van der Waals surface area contributed by atoms with Gasteiger partial charge >= 0.3 is 7.12 Å². The third-order valence-electron chi connectivity index (χ3n) is 7.13. The fourth-order valence-corrected chi connectivity index (χ4v) is 4.68. The SMILES string of the molecule is CC1(C)OB(c2ccnc(N3CCC(F)(F)C3)c2)OC1(C)C.FC1(F)CCN(c2cccc(Br)c2)C1. The highest BCUT2D eigenvalue weighted by Gasteiger charge is 2.52. The van der Waals surface area contributed by atoms with Gasteiger partial charge in [-0.2, -0.15) is 0 Å². The van der Waals surface area contributed by atoms with Crippen LogP contribution in [0.2, 0.25) is 0 Å². The standard InChI is InChI=1S/C15H21BF2N2O2.C10H10BrF2N/c1-13(2)14(3,4)22-16(21-13)11-5-7-19-12(9-11)20-8-6-15(17,18)10-20;11-8-2-1-3-9(6-8)14-5-4-10(12,13)7-14/h5,7,9H,6,8,10H2,1-4H3;1-3,6H,4-5,7H2. The van der Waals surface area contributed by atoms with Crippen molar-refractivity contribution < 1.29 is 26.9 Å². The Balaban J connectivity index is 0.000000187. The highest BCUT2D eigenvalue weighted by molar-refractivity contribution is 9.10. The van der Waals surface area contributed by atoms with E-state index in [-0.39, 0.29) is 25.9 Å². The second-order valence-electron chi connectivity index (χ2n) is 10.6. The van der Waals surface area contributed by atoms with Crippen molar-refractivity contribution in [2.24, 2.45) is 0 Å². The van der Waals surface area contributed by atoms with Gasteiger partial charge < -0.3 is 19.1 Å². The number of nitrogens with zero attached hydrogens (tertiary/aromatic N) is 3. The number of alkyl halides is 4. The van der Waals surface area contributed by atoms with Crippen molar-refractivity contribution in [1.29, 1.82) is 0 Å². The topological polar surface area (TPSA) is 37.8 Å². The van der Waals surface area contributed by atoms with Crippen LogP contribution in [0.4, 0.5) is 29.1 Å². The van der Waals surface area contributed by atoms with E-state index >= 15 is 0 Å². The number of halogens is 5. The van der Waals surface area contributed by atoms with Gasteiger partial charge in [-0.3, -0.25) is 0 Å². The molecule has 0 unspecified atom stereocenters. The molecule has 0 radical (unpaired) electrons. The lowest BCUT2D eigenvalue weighted by Crippen LogP contribution is -2.41. The molecule has 1 aromatic carbocycles. The molecule has 3 fully saturated rings. The molecule has 11 heteroatoms. The van der Waals surface area contributed by atoms with Crippen LogP contribution in [0.1, 0.15) is 40.5 Å². The number of benzene rings is 1. The third-order valence-corrected chi connectivity index (χ3v) is 7.62. The first-order chi connectivity index (χ1) is 16.7. The fourth-order valence-electron chi connectivity index (χ4n) is 4.29. The molecule has 3 saturated heterocycles. The Morgan fingerprint density at radius 1 is 0.861 bits per heavy atom. The Morgan fingerprint density at radius 3 is 1.97 bits per heavy atom. The summed E-state index contributed by atoms with van der Waals surface area (Å²) in [6.07, 6.45) is 1.45. The molecule has 4 heterocycles. The van der Waals surface area contributed by atoms with Gasteiger partial charge in [-0.25, -0.2) is 22.5 Å². The average Bonchev–Trinajstić information content (AvgIpc) is 3.40. The first-order valence-corrected chi connectivity index (χ1v) is 12.8. The van der Waals surface area contributed by atoms with Crippen LogP contribution in [-0.2, 0) is 9.31 Å². The minimum absolute atomic E-state index is 0.0421. The molecule has 1 aromatic heterocycles. The molecule has 0 amide bonds. The van der Waals surface area contributed by atoms with Gasteiger partial charge in [0.2, 0.25) is 0 Å². The van der Waals surface area contributed by atoms with Crippen molar-refractivity contribution in [3.63, 3.8) is 0 Å². The predicted molar refractivity (Wildman–Crippen MR) is 138 cm³/mol. The average molecular weight is 572 g/mol. The second kappa shape index (κ2) is 9.80. The summed E-state index contributed by atoms with van der Waals surface area (Å²) in [6, 6.07) is 11.0. The van der Waals surface area contributed by atoms with Gasteiger partial charge in [0.15, 0.2) is 0 Å². The Kier molecular flexibility index (Phi) is 7.40. The number of hydrogen-bond acceptors (Lipinski definition) is 5. The molecular formula is C25H31BBrF4N3O2. The van der Waals surface area contributed by atoms with Gasteiger partial charge in [0.05, 0.1) is 24.3 Å². The van der Waals surface area contributed by atoms with Crippen LogP contribution in [0.5, 0.6) is 0 Å². The first-order valence-electron chi connectivity index (χ1n) is 12.0. The van der Waals surface area contributed by atoms with Crippen molar-refractivity contribution in [2.45, 2.75) is 63.6 Å². The second-order valence-corrected chi connectivity index (χ2v) is 11.5. The van der Waals surface area contributed by atoms with Crippen molar-refractivity contribution in [3.8, 4) is 0 Å². The maximum Gasteiger partial charge on any atom is 0.495 e. The van der Waals surface area contributed by atoms with Crippen molar-refractivity contribution in [3.05, 3.63) is 47.1 Å². The van der Waals surface area contributed by atoms with Crippen LogP contribution in [0.25, 0.3) is 0 Å². The molecule has 0 bridgehead atoms. The smallest absolute Gasteiger partial charge is 0.399 e. The molecule has 5 nitrogen and oxygen atoms in total. The summed E-state index contributed by atoms with van der Waals surface area (Å²) in [4.78, 5) is 7.53. The highest BCUT2D eigenvalue weighted by Crippen LogP contribution is 2.37. The van der Waals surface area contributed by atoms with Crippen LogP contribution in [0.15, 0.2) is 47.1 Å². The van der Waals surface area contributed by atoms with E-state index in [9.17, 15) is 17.6 Å². The Hall–Kier alpha value is -1.85. The summed E-state index contributed by atoms with van der Waals surface area (Å²) in [7, 11) is -0.505. The molecule has 0 saturated carbocycles. The monoisotopic (exact) mass is 571 g/mol. The zero-order chi connectivity index (χ0) is 26.4. The zero-order valence-corrected chi connectivity index (χ0v) is 22.5. The van der Waals surface area contributed by atoms with Crippen molar-refractivity contribution in [1.82, 2.24) is 4.98 Å².